The number of hydrogen-bond donors (Lipinski definition) is 8. The fourth-order valence-corrected chi connectivity index (χ4v) is 3.60. The van der Waals surface area contributed by atoms with Crippen molar-refractivity contribution in [2.24, 2.45) is 11.7 Å². The molecule has 0 spiro atoms. The summed E-state index contributed by atoms with van der Waals surface area (Å²) in [6, 6.07) is 0.463. The van der Waals surface area contributed by atoms with Gasteiger partial charge in [-0.3, -0.25) is 19.2 Å². The van der Waals surface area contributed by atoms with E-state index in [4.69, 9.17) is 5.73 Å². The summed E-state index contributed by atoms with van der Waals surface area (Å²) in [5, 5.41) is 35.6. The second-order valence-electron chi connectivity index (χ2n) is 9.18. The second-order valence-corrected chi connectivity index (χ2v) is 9.18. The number of carbonyl (C=O) groups excluding carboxylic acids is 3. The van der Waals surface area contributed by atoms with Crippen molar-refractivity contribution in [2.75, 3.05) is 0 Å². The zero-order chi connectivity index (χ0) is 29.1. The minimum Gasteiger partial charge on any atom is -0.508 e. The predicted molar refractivity (Wildman–Crippen MR) is 137 cm³/mol. The highest BCUT2D eigenvalue weighted by molar-refractivity contribution is 5.95. The number of aromatic nitrogens is 2. The first-order valence-electron chi connectivity index (χ1n) is 12.3. The van der Waals surface area contributed by atoms with Crippen molar-refractivity contribution in [3.05, 3.63) is 48.0 Å². The van der Waals surface area contributed by atoms with Crippen molar-refractivity contribution in [2.45, 2.75) is 63.7 Å². The molecular formula is C25H34N6O8. The first kappa shape index (κ1) is 30.8. The fraction of sp³-hybridized carbons (Fsp3) is 0.440. The summed E-state index contributed by atoms with van der Waals surface area (Å²) in [5.41, 5.74) is 6.87. The topological polar surface area (TPSA) is 237 Å². The maximum absolute atomic E-state index is 13.2. The zero-order valence-electron chi connectivity index (χ0n) is 21.6. The third kappa shape index (κ3) is 9.74. The van der Waals surface area contributed by atoms with Gasteiger partial charge in [0.2, 0.25) is 17.7 Å². The normalized spacial score (nSPS) is 14.7. The summed E-state index contributed by atoms with van der Waals surface area (Å²) in [6.45, 7) is 3.55. The highest BCUT2D eigenvalue weighted by Gasteiger charge is 2.32. The molecule has 1 aromatic carbocycles. The molecule has 0 saturated heterocycles. The van der Waals surface area contributed by atoms with Crippen molar-refractivity contribution in [3.63, 3.8) is 0 Å². The zero-order valence-corrected chi connectivity index (χ0v) is 21.6. The maximum atomic E-state index is 13.2. The Morgan fingerprint density at radius 2 is 1.51 bits per heavy atom. The first-order valence-corrected chi connectivity index (χ1v) is 12.3. The van der Waals surface area contributed by atoms with Crippen molar-refractivity contribution < 1.29 is 39.3 Å². The number of aromatic amines is 1. The third-order valence-corrected chi connectivity index (χ3v) is 6.17. The Balaban J connectivity index is 2.27. The second kappa shape index (κ2) is 14.5. The Bertz CT molecular complexity index is 1140. The van der Waals surface area contributed by atoms with E-state index in [2.05, 4.69) is 25.9 Å². The Morgan fingerprint density at radius 3 is 2.05 bits per heavy atom. The summed E-state index contributed by atoms with van der Waals surface area (Å²) >= 11 is 0. The van der Waals surface area contributed by atoms with Crippen LogP contribution in [0.15, 0.2) is 36.8 Å². The number of hydrogen-bond acceptors (Lipinski definition) is 8. The molecule has 1 heterocycles. The Labute approximate surface area is 224 Å². The van der Waals surface area contributed by atoms with Crippen LogP contribution in [0.25, 0.3) is 0 Å². The molecular weight excluding hydrogens is 512 g/mol. The minimum atomic E-state index is -1.56. The molecule has 2 rings (SSSR count). The van der Waals surface area contributed by atoms with Crippen LogP contribution in [0.1, 0.15) is 37.9 Å². The summed E-state index contributed by atoms with van der Waals surface area (Å²) in [4.78, 5) is 68.7. The fourth-order valence-electron chi connectivity index (χ4n) is 3.60. The number of phenolic OH excluding ortho intramolecular Hbond substituents is 1. The van der Waals surface area contributed by atoms with Crippen molar-refractivity contribution in [1.82, 2.24) is 25.9 Å². The van der Waals surface area contributed by atoms with Crippen LogP contribution in [0.4, 0.5) is 0 Å². The van der Waals surface area contributed by atoms with Gasteiger partial charge < -0.3 is 42.0 Å². The van der Waals surface area contributed by atoms with Gasteiger partial charge >= 0.3 is 11.9 Å². The number of imidazole rings is 1. The van der Waals surface area contributed by atoms with Gasteiger partial charge in [0.1, 0.15) is 23.9 Å². The van der Waals surface area contributed by atoms with Gasteiger partial charge in [-0.15, -0.1) is 0 Å². The monoisotopic (exact) mass is 546 g/mol. The average Bonchev–Trinajstić information content (AvgIpc) is 3.40. The summed E-state index contributed by atoms with van der Waals surface area (Å²) < 4.78 is 0. The van der Waals surface area contributed by atoms with Gasteiger partial charge in [-0.2, -0.15) is 0 Å². The standard InChI is InChI=1S/C25H34N6O8/c1-3-13(2)21(26)24(37)30-18(10-20(33)34)23(36)29-17(8-14-4-6-16(32)7-5-14)22(35)31-19(25(38)39)9-15-11-27-12-28-15/h4-7,11-13,17-19,21,32H,3,8-10,26H2,1-2H3,(H,27,28)(H,29,36)(H,30,37)(H,31,35)(H,33,34)(H,38,39). The van der Waals surface area contributed by atoms with Crippen LogP contribution in [-0.2, 0) is 36.8 Å². The van der Waals surface area contributed by atoms with Crippen molar-refractivity contribution in [3.8, 4) is 5.75 Å². The van der Waals surface area contributed by atoms with Gasteiger partial charge in [0.25, 0.3) is 0 Å². The van der Waals surface area contributed by atoms with Crippen LogP contribution >= 0.6 is 0 Å². The van der Waals surface area contributed by atoms with Gasteiger partial charge in [0, 0.05) is 24.7 Å². The lowest BCUT2D eigenvalue weighted by Gasteiger charge is -2.25. The number of benzene rings is 1. The molecule has 0 aliphatic heterocycles. The van der Waals surface area contributed by atoms with Crippen LogP contribution in [-0.4, -0.2) is 79.1 Å². The molecule has 3 amide bonds. The van der Waals surface area contributed by atoms with E-state index >= 15 is 0 Å². The molecule has 0 radical (unpaired) electrons. The molecule has 5 unspecified atom stereocenters. The van der Waals surface area contributed by atoms with Crippen LogP contribution in [0.2, 0.25) is 0 Å². The van der Waals surface area contributed by atoms with Gasteiger partial charge in [0.15, 0.2) is 0 Å². The number of carbonyl (C=O) groups is 5. The number of rotatable bonds is 15. The molecule has 5 atom stereocenters. The molecule has 0 bridgehead atoms. The summed E-state index contributed by atoms with van der Waals surface area (Å²) in [6.07, 6.45) is 2.30. The lowest BCUT2D eigenvalue weighted by atomic mass is 9.98. The molecule has 0 aliphatic rings. The van der Waals surface area contributed by atoms with E-state index in [0.29, 0.717) is 17.7 Å². The predicted octanol–water partition coefficient (Wildman–Crippen LogP) is -0.712. The minimum absolute atomic E-state index is 0.0313. The van der Waals surface area contributed by atoms with E-state index in [1.165, 1.54) is 36.8 Å². The van der Waals surface area contributed by atoms with E-state index in [0.717, 1.165) is 0 Å². The number of phenols is 1. The number of nitrogens with one attached hydrogen (secondary N) is 4. The van der Waals surface area contributed by atoms with Gasteiger partial charge in [-0.05, 0) is 23.6 Å². The lowest BCUT2D eigenvalue weighted by molar-refractivity contribution is -0.143. The Hall–Kier alpha value is -4.46. The molecule has 14 heteroatoms. The first-order chi connectivity index (χ1) is 18.4. The van der Waals surface area contributed by atoms with Gasteiger partial charge in [-0.1, -0.05) is 32.4 Å². The molecule has 14 nitrogen and oxygen atoms in total. The van der Waals surface area contributed by atoms with E-state index in [9.17, 15) is 39.3 Å². The average molecular weight is 547 g/mol. The molecule has 39 heavy (non-hydrogen) atoms. The van der Waals surface area contributed by atoms with E-state index in [1.807, 2.05) is 6.92 Å². The van der Waals surface area contributed by atoms with Crippen LogP contribution in [0, 0.1) is 5.92 Å². The number of H-pyrrole nitrogens is 1. The van der Waals surface area contributed by atoms with E-state index in [1.54, 1.807) is 6.92 Å². The van der Waals surface area contributed by atoms with E-state index in [-0.39, 0.29) is 24.5 Å². The highest BCUT2D eigenvalue weighted by atomic mass is 16.4. The number of carboxylic acid groups (broad SMARTS) is 2. The number of nitrogens with zero attached hydrogens (tertiary/aromatic N) is 1. The van der Waals surface area contributed by atoms with Gasteiger partial charge in [0.05, 0.1) is 18.8 Å². The number of aliphatic carboxylic acids is 2. The molecule has 0 aliphatic carbocycles. The SMILES string of the molecule is CCC(C)C(N)C(=O)NC(CC(=O)O)C(=O)NC(Cc1ccc(O)cc1)C(=O)NC(Cc1cnc[nH]1)C(=O)O. The molecule has 1 aromatic heterocycles. The van der Waals surface area contributed by atoms with Crippen LogP contribution < -0.4 is 21.7 Å². The Kier molecular flexibility index (Phi) is 11.4. The van der Waals surface area contributed by atoms with Crippen LogP contribution in [0.5, 0.6) is 5.75 Å². The summed E-state index contributed by atoms with van der Waals surface area (Å²) in [7, 11) is 0. The molecule has 9 N–H and O–H groups in total. The number of nitrogens with two attached hydrogens (primary N) is 1. The largest absolute Gasteiger partial charge is 0.508 e. The van der Waals surface area contributed by atoms with Crippen LogP contribution in [0.3, 0.4) is 0 Å². The van der Waals surface area contributed by atoms with E-state index < -0.39 is 60.2 Å². The molecule has 2 aromatic rings. The maximum Gasteiger partial charge on any atom is 0.326 e. The smallest absolute Gasteiger partial charge is 0.326 e. The van der Waals surface area contributed by atoms with Crippen molar-refractivity contribution >= 4 is 29.7 Å². The Morgan fingerprint density at radius 1 is 0.923 bits per heavy atom. The summed E-state index contributed by atoms with van der Waals surface area (Å²) in [5.74, 6) is -5.54. The molecule has 212 valence electrons. The highest BCUT2D eigenvalue weighted by Crippen LogP contribution is 2.13. The lowest BCUT2D eigenvalue weighted by Crippen LogP contribution is -2.58. The molecule has 0 saturated carbocycles. The van der Waals surface area contributed by atoms with Crippen molar-refractivity contribution in [1.29, 1.82) is 0 Å². The number of aromatic hydroxyl groups is 1. The number of carboxylic acids is 2. The molecule has 0 fully saturated rings. The third-order valence-electron chi connectivity index (χ3n) is 6.17. The van der Waals surface area contributed by atoms with Gasteiger partial charge in [-0.25, -0.2) is 9.78 Å². The number of amides is 3. The quantitative estimate of drug-likeness (QED) is 0.140.